The summed E-state index contributed by atoms with van der Waals surface area (Å²) in [5, 5.41) is 2.88. The molecule has 0 saturated heterocycles. The van der Waals surface area contributed by atoms with Crippen molar-refractivity contribution in [2.75, 3.05) is 6.61 Å². The Hall–Kier alpha value is -2.63. The maximum Gasteiger partial charge on any atom is 0.332 e. The number of nitrogens with one attached hydrogen (secondary N) is 2. The zero-order valence-corrected chi connectivity index (χ0v) is 16.0. The summed E-state index contributed by atoms with van der Waals surface area (Å²) in [5.41, 5.74) is -0.0460. The van der Waals surface area contributed by atoms with Crippen molar-refractivity contribution in [2.24, 2.45) is 0 Å². The molecule has 1 aromatic heterocycles. The van der Waals surface area contributed by atoms with Crippen LogP contribution in [0.15, 0.2) is 46.9 Å². The number of amides is 1. The summed E-state index contributed by atoms with van der Waals surface area (Å²) in [4.78, 5) is 39.2. The Balaban J connectivity index is 2.13. The number of H-pyrrole nitrogens is 1. The molecule has 27 heavy (non-hydrogen) atoms. The highest BCUT2D eigenvalue weighted by molar-refractivity contribution is 5.98. The number of ether oxygens (including phenoxy) is 1. The number of hydrogen-bond donors (Lipinski definition) is 2. The van der Waals surface area contributed by atoms with E-state index in [1.54, 1.807) is 0 Å². The van der Waals surface area contributed by atoms with Crippen molar-refractivity contribution in [3.63, 3.8) is 0 Å². The fraction of sp³-hybridized carbons (Fsp3) is 0.476. The van der Waals surface area contributed by atoms with Crippen molar-refractivity contribution in [3.05, 3.63) is 58.0 Å². The zero-order chi connectivity index (χ0) is 19.7. The summed E-state index contributed by atoms with van der Waals surface area (Å²) in [6.07, 6.45) is 11.9. The molecule has 0 bridgehead atoms. The van der Waals surface area contributed by atoms with Gasteiger partial charge in [0, 0.05) is 12.3 Å². The number of rotatable bonds is 7. The van der Waals surface area contributed by atoms with E-state index in [0.29, 0.717) is 18.4 Å². The van der Waals surface area contributed by atoms with Crippen LogP contribution in [0, 0.1) is 0 Å². The highest BCUT2D eigenvalue weighted by Crippen LogP contribution is 2.30. The summed E-state index contributed by atoms with van der Waals surface area (Å²) in [6.45, 7) is 4.13. The minimum absolute atomic E-state index is 0.188. The van der Waals surface area contributed by atoms with E-state index >= 15 is 0 Å². The largest absolute Gasteiger partial charge is 0.459 e. The van der Waals surface area contributed by atoms with Gasteiger partial charge in [-0.05, 0) is 37.8 Å². The minimum atomic E-state index is -1.02. The smallest absolute Gasteiger partial charge is 0.332 e. The average Bonchev–Trinajstić information content (AvgIpc) is 2.67. The molecule has 2 N–H and O–H groups in total. The van der Waals surface area contributed by atoms with Crippen LogP contribution in [0.25, 0.3) is 0 Å². The number of esters is 1. The van der Waals surface area contributed by atoms with Crippen molar-refractivity contribution < 1.29 is 14.3 Å². The maximum absolute atomic E-state index is 12.9. The minimum Gasteiger partial charge on any atom is -0.459 e. The molecule has 0 aliphatic heterocycles. The van der Waals surface area contributed by atoms with Crippen LogP contribution in [0.1, 0.15) is 62.7 Å². The van der Waals surface area contributed by atoms with Crippen LogP contribution in [0.2, 0.25) is 0 Å². The van der Waals surface area contributed by atoms with E-state index in [1.165, 1.54) is 18.3 Å². The second-order valence-corrected chi connectivity index (χ2v) is 6.80. The van der Waals surface area contributed by atoms with E-state index < -0.39 is 11.5 Å². The molecule has 6 heteroatoms. The second-order valence-electron chi connectivity index (χ2n) is 6.80. The van der Waals surface area contributed by atoms with Gasteiger partial charge in [-0.15, -0.1) is 0 Å². The van der Waals surface area contributed by atoms with Gasteiger partial charge in [-0.1, -0.05) is 44.4 Å². The Morgan fingerprint density at radius 1 is 1.26 bits per heavy atom. The van der Waals surface area contributed by atoms with E-state index in [2.05, 4.69) is 10.3 Å². The van der Waals surface area contributed by atoms with Gasteiger partial charge in [-0.25, -0.2) is 4.79 Å². The van der Waals surface area contributed by atoms with Crippen molar-refractivity contribution in [3.8, 4) is 0 Å². The number of carbonyl (C=O) groups is 2. The second kappa shape index (κ2) is 9.90. The number of pyridine rings is 1. The number of hydrogen-bond acceptors (Lipinski definition) is 4. The van der Waals surface area contributed by atoms with E-state index in [1.807, 2.05) is 32.1 Å². The van der Waals surface area contributed by atoms with E-state index in [-0.39, 0.29) is 18.1 Å². The van der Waals surface area contributed by atoms with E-state index in [9.17, 15) is 14.4 Å². The van der Waals surface area contributed by atoms with Gasteiger partial charge in [0.15, 0.2) is 0 Å². The molecule has 0 radical (unpaired) electrons. The third-order valence-corrected chi connectivity index (χ3v) is 4.71. The fourth-order valence-corrected chi connectivity index (χ4v) is 3.32. The fourth-order valence-electron chi connectivity index (χ4n) is 3.32. The summed E-state index contributed by atoms with van der Waals surface area (Å²) in [5.74, 6) is -0.783. The summed E-state index contributed by atoms with van der Waals surface area (Å²) in [7, 11) is 0. The normalized spacial score (nSPS) is 16.9. The van der Waals surface area contributed by atoms with Crippen LogP contribution in [0.4, 0.5) is 0 Å². The van der Waals surface area contributed by atoms with Crippen LogP contribution in [0.3, 0.4) is 0 Å². The Labute approximate surface area is 159 Å². The molecular weight excluding hydrogens is 344 g/mol. The molecule has 1 saturated carbocycles. The van der Waals surface area contributed by atoms with Gasteiger partial charge >= 0.3 is 5.97 Å². The summed E-state index contributed by atoms with van der Waals surface area (Å²) < 4.78 is 5.58. The van der Waals surface area contributed by atoms with Crippen LogP contribution < -0.4 is 10.9 Å². The van der Waals surface area contributed by atoms with Gasteiger partial charge in [0.05, 0.1) is 5.56 Å². The van der Waals surface area contributed by atoms with Gasteiger partial charge in [-0.3, -0.25) is 9.59 Å². The molecule has 0 aromatic carbocycles. The molecule has 1 aliphatic rings. The highest BCUT2D eigenvalue weighted by atomic mass is 16.5. The van der Waals surface area contributed by atoms with Gasteiger partial charge in [0.2, 0.25) is 5.56 Å². The van der Waals surface area contributed by atoms with Gasteiger partial charge in [-0.2, -0.15) is 0 Å². The van der Waals surface area contributed by atoms with Crippen LogP contribution in [-0.4, -0.2) is 29.0 Å². The first kappa shape index (κ1) is 20.7. The van der Waals surface area contributed by atoms with E-state index in [0.717, 1.165) is 31.3 Å². The molecule has 0 atom stereocenters. The highest BCUT2D eigenvalue weighted by Gasteiger charge is 2.42. The Morgan fingerprint density at radius 2 is 2.00 bits per heavy atom. The number of allylic oxidation sites excluding steroid dienone is 2. The third-order valence-electron chi connectivity index (χ3n) is 4.71. The van der Waals surface area contributed by atoms with Crippen LogP contribution >= 0.6 is 0 Å². The predicted molar refractivity (Wildman–Crippen MR) is 104 cm³/mol. The molecule has 1 aliphatic carbocycles. The molecule has 1 heterocycles. The number of aromatic nitrogens is 1. The Bertz CT molecular complexity index is 750. The molecule has 1 aromatic rings. The van der Waals surface area contributed by atoms with Gasteiger partial charge in [0.1, 0.15) is 12.1 Å². The quantitative estimate of drug-likeness (QED) is 0.568. The lowest BCUT2D eigenvalue weighted by Gasteiger charge is -2.35. The molecule has 146 valence electrons. The SMILES string of the molecule is C/C=C\C(=C/CC)COC(=O)C1(NC(=O)c2ccc(=O)[nH]c2)CCCCC1. The maximum atomic E-state index is 12.9. The first-order chi connectivity index (χ1) is 13.0. The molecular formula is C21H28N2O4. The zero-order valence-electron chi connectivity index (χ0n) is 16.0. The lowest BCUT2D eigenvalue weighted by Crippen LogP contribution is -2.56. The summed E-state index contributed by atoms with van der Waals surface area (Å²) >= 11 is 0. The Kier molecular flexibility index (Phi) is 7.58. The molecule has 0 spiro atoms. The molecule has 0 unspecified atom stereocenters. The number of carbonyl (C=O) groups excluding carboxylic acids is 2. The van der Waals surface area contributed by atoms with Gasteiger partial charge < -0.3 is 15.0 Å². The van der Waals surface area contributed by atoms with Crippen LogP contribution in [-0.2, 0) is 9.53 Å². The Morgan fingerprint density at radius 3 is 2.59 bits per heavy atom. The molecule has 1 fully saturated rings. The first-order valence-corrected chi connectivity index (χ1v) is 9.51. The van der Waals surface area contributed by atoms with Crippen molar-refractivity contribution >= 4 is 11.9 Å². The molecule has 1 amide bonds. The monoisotopic (exact) mass is 372 g/mol. The summed E-state index contributed by atoms with van der Waals surface area (Å²) in [6, 6.07) is 2.74. The van der Waals surface area contributed by atoms with Crippen molar-refractivity contribution in [1.82, 2.24) is 10.3 Å². The lowest BCUT2D eigenvalue weighted by atomic mass is 9.81. The topological polar surface area (TPSA) is 88.3 Å². The van der Waals surface area contributed by atoms with Crippen molar-refractivity contribution in [2.45, 2.75) is 57.9 Å². The molecule has 6 nitrogen and oxygen atoms in total. The first-order valence-electron chi connectivity index (χ1n) is 9.51. The lowest BCUT2D eigenvalue weighted by molar-refractivity contribution is -0.151. The van der Waals surface area contributed by atoms with Crippen LogP contribution in [0.5, 0.6) is 0 Å². The third kappa shape index (κ3) is 5.67. The van der Waals surface area contributed by atoms with E-state index in [4.69, 9.17) is 4.74 Å². The van der Waals surface area contributed by atoms with Crippen molar-refractivity contribution in [1.29, 1.82) is 0 Å². The average molecular weight is 372 g/mol. The predicted octanol–water partition coefficient (Wildman–Crippen LogP) is 3.26. The number of aromatic amines is 1. The van der Waals surface area contributed by atoms with Gasteiger partial charge in [0.25, 0.3) is 5.91 Å². The standard InChI is InChI=1S/C21H28N2O4/c1-3-8-16(9-4-2)15-27-20(26)21(12-6-5-7-13-21)23-19(25)17-10-11-18(24)22-14-17/h3,8-11,14H,4-7,12-13,15H2,1-2H3,(H,22,24)(H,23,25)/b8-3-,16-9+. The molecule has 2 rings (SSSR count).